The number of anilines is 1. The second kappa shape index (κ2) is 6.67. The summed E-state index contributed by atoms with van der Waals surface area (Å²) in [6.07, 6.45) is 3.39. The van der Waals surface area contributed by atoms with Gasteiger partial charge in [0.05, 0.1) is 34.7 Å². The van der Waals surface area contributed by atoms with Crippen LogP contribution in [0.25, 0.3) is 5.69 Å². The van der Waals surface area contributed by atoms with E-state index >= 15 is 0 Å². The molecule has 0 atom stereocenters. The maximum absolute atomic E-state index is 12.2. The van der Waals surface area contributed by atoms with E-state index in [2.05, 4.69) is 20.6 Å². The molecular formula is C16H15Cl2N5O. The molecule has 24 heavy (non-hydrogen) atoms. The second-order valence-corrected chi connectivity index (χ2v) is 6.21. The summed E-state index contributed by atoms with van der Waals surface area (Å²) >= 11 is 12.2. The lowest BCUT2D eigenvalue weighted by atomic mass is 10.1. The zero-order valence-electron chi connectivity index (χ0n) is 13.1. The molecule has 0 fully saturated rings. The molecule has 3 rings (SSSR count). The summed E-state index contributed by atoms with van der Waals surface area (Å²) in [5, 5.41) is 14.8. The largest absolute Gasteiger partial charge is 0.323 e. The normalized spacial score (nSPS) is 10.8. The summed E-state index contributed by atoms with van der Waals surface area (Å²) < 4.78 is 1.73. The molecule has 124 valence electrons. The number of nitrogens with one attached hydrogen (secondary N) is 2. The maximum atomic E-state index is 12.2. The van der Waals surface area contributed by atoms with E-state index in [1.54, 1.807) is 35.3 Å². The Bertz CT molecular complexity index is 886. The summed E-state index contributed by atoms with van der Waals surface area (Å²) in [5.74, 6) is -0.135. The number of H-pyrrole nitrogens is 1. The van der Waals surface area contributed by atoms with Gasteiger partial charge < -0.3 is 5.32 Å². The minimum Gasteiger partial charge on any atom is -0.323 e. The maximum Gasteiger partial charge on any atom is 0.229 e. The van der Waals surface area contributed by atoms with Crippen LogP contribution in [0.2, 0.25) is 10.0 Å². The molecule has 8 heteroatoms. The van der Waals surface area contributed by atoms with Crippen molar-refractivity contribution in [2.75, 3.05) is 5.32 Å². The van der Waals surface area contributed by atoms with Crippen LogP contribution >= 0.6 is 23.2 Å². The zero-order valence-corrected chi connectivity index (χ0v) is 14.6. The molecule has 0 radical (unpaired) electrons. The third kappa shape index (κ3) is 3.29. The van der Waals surface area contributed by atoms with Crippen LogP contribution in [0.1, 0.15) is 17.0 Å². The van der Waals surface area contributed by atoms with Crippen molar-refractivity contribution in [1.29, 1.82) is 0 Å². The number of rotatable bonds is 4. The first-order valence-electron chi connectivity index (χ1n) is 7.25. The first-order chi connectivity index (χ1) is 11.5. The van der Waals surface area contributed by atoms with Gasteiger partial charge in [0.1, 0.15) is 0 Å². The van der Waals surface area contributed by atoms with E-state index < -0.39 is 0 Å². The van der Waals surface area contributed by atoms with Gasteiger partial charge in [-0.1, -0.05) is 23.2 Å². The van der Waals surface area contributed by atoms with Crippen molar-refractivity contribution in [1.82, 2.24) is 20.0 Å². The van der Waals surface area contributed by atoms with Crippen molar-refractivity contribution >= 4 is 34.8 Å². The molecule has 2 aromatic heterocycles. The van der Waals surface area contributed by atoms with Gasteiger partial charge in [0, 0.05) is 22.5 Å². The minimum absolute atomic E-state index is 0.135. The van der Waals surface area contributed by atoms with Gasteiger partial charge in [-0.15, -0.1) is 0 Å². The Kier molecular flexibility index (Phi) is 4.59. The predicted molar refractivity (Wildman–Crippen MR) is 94.0 cm³/mol. The Morgan fingerprint density at radius 1 is 1.33 bits per heavy atom. The quantitative estimate of drug-likeness (QED) is 0.741. The number of nitrogens with zero attached hydrogens (tertiary/aromatic N) is 3. The topological polar surface area (TPSA) is 75.6 Å². The number of aromatic amines is 1. The number of aromatic nitrogens is 4. The van der Waals surface area contributed by atoms with E-state index in [0.29, 0.717) is 15.7 Å². The molecule has 0 aliphatic rings. The standard InChI is InChI=1S/C16H15Cl2N5O/c1-9-13(6-16(24)21-12-7-19-20-8-12)10(2)23(22-9)15-4-3-11(17)5-14(15)18/h3-5,7-8H,6H2,1-2H3,(H,19,20)(H,21,24). The minimum atomic E-state index is -0.135. The molecule has 0 saturated carbocycles. The molecule has 0 unspecified atom stereocenters. The predicted octanol–water partition coefficient (Wildman–Crippen LogP) is 3.70. The molecule has 0 saturated heterocycles. The van der Waals surface area contributed by atoms with Crippen molar-refractivity contribution in [3.8, 4) is 5.69 Å². The molecule has 2 N–H and O–H groups in total. The van der Waals surface area contributed by atoms with Crippen LogP contribution in [0.15, 0.2) is 30.6 Å². The highest BCUT2D eigenvalue weighted by atomic mass is 35.5. The first-order valence-corrected chi connectivity index (χ1v) is 8.00. The fourth-order valence-corrected chi connectivity index (χ4v) is 2.99. The molecular weight excluding hydrogens is 349 g/mol. The van der Waals surface area contributed by atoms with Gasteiger partial charge >= 0.3 is 0 Å². The van der Waals surface area contributed by atoms with E-state index in [4.69, 9.17) is 23.2 Å². The number of benzene rings is 1. The summed E-state index contributed by atoms with van der Waals surface area (Å²) in [4.78, 5) is 12.2. The number of carbonyl (C=O) groups is 1. The highest BCUT2D eigenvalue weighted by Gasteiger charge is 2.17. The lowest BCUT2D eigenvalue weighted by Crippen LogP contribution is -2.15. The van der Waals surface area contributed by atoms with Crippen LogP contribution in [-0.2, 0) is 11.2 Å². The van der Waals surface area contributed by atoms with E-state index in [-0.39, 0.29) is 12.3 Å². The summed E-state index contributed by atoms with van der Waals surface area (Å²) in [7, 11) is 0. The van der Waals surface area contributed by atoms with Crippen LogP contribution in [-0.4, -0.2) is 25.9 Å². The average Bonchev–Trinajstić information content (AvgIpc) is 3.11. The Morgan fingerprint density at radius 3 is 2.79 bits per heavy atom. The molecule has 3 aromatic rings. The number of carbonyl (C=O) groups excluding carboxylic acids is 1. The number of aryl methyl sites for hydroxylation is 1. The smallest absolute Gasteiger partial charge is 0.229 e. The zero-order chi connectivity index (χ0) is 17.3. The van der Waals surface area contributed by atoms with E-state index in [1.807, 2.05) is 13.8 Å². The molecule has 6 nitrogen and oxygen atoms in total. The van der Waals surface area contributed by atoms with Gasteiger partial charge in [-0.2, -0.15) is 10.2 Å². The second-order valence-electron chi connectivity index (χ2n) is 5.37. The average molecular weight is 364 g/mol. The van der Waals surface area contributed by atoms with Gasteiger partial charge in [0.15, 0.2) is 0 Å². The Hall–Kier alpha value is -2.31. The van der Waals surface area contributed by atoms with Crippen molar-refractivity contribution in [3.05, 3.63) is 57.6 Å². The van der Waals surface area contributed by atoms with E-state index in [0.717, 1.165) is 22.6 Å². The van der Waals surface area contributed by atoms with Crippen LogP contribution < -0.4 is 5.32 Å². The first kappa shape index (κ1) is 16.5. The highest BCUT2D eigenvalue weighted by Crippen LogP contribution is 2.27. The third-order valence-corrected chi connectivity index (χ3v) is 4.24. The molecule has 1 amide bonds. The number of amides is 1. The van der Waals surface area contributed by atoms with Crippen molar-refractivity contribution in [3.63, 3.8) is 0 Å². The van der Waals surface area contributed by atoms with Gasteiger partial charge in [0.25, 0.3) is 0 Å². The summed E-state index contributed by atoms with van der Waals surface area (Å²) in [6, 6.07) is 5.23. The fourth-order valence-electron chi connectivity index (χ4n) is 2.50. The van der Waals surface area contributed by atoms with Crippen LogP contribution in [0.3, 0.4) is 0 Å². The van der Waals surface area contributed by atoms with Gasteiger partial charge in [-0.3, -0.25) is 9.89 Å². The summed E-state index contributed by atoms with van der Waals surface area (Å²) in [5.41, 5.74) is 3.86. The van der Waals surface area contributed by atoms with Gasteiger partial charge in [-0.25, -0.2) is 4.68 Å². The molecule has 0 aliphatic heterocycles. The third-order valence-electron chi connectivity index (χ3n) is 3.70. The van der Waals surface area contributed by atoms with Gasteiger partial charge in [0.2, 0.25) is 5.91 Å². The van der Waals surface area contributed by atoms with Crippen molar-refractivity contribution in [2.45, 2.75) is 20.3 Å². The van der Waals surface area contributed by atoms with Crippen LogP contribution in [0, 0.1) is 13.8 Å². The SMILES string of the molecule is Cc1nn(-c2ccc(Cl)cc2Cl)c(C)c1CC(=O)Nc1cn[nH]c1. The Labute approximate surface area is 148 Å². The fraction of sp³-hybridized carbons (Fsp3) is 0.188. The molecule has 2 heterocycles. The Morgan fingerprint density at radius 2 is 2.12 bits per heavy atom. The van der Waals surface area contributed by atoms with Crippen LogP contribution in [0.4, 0.5) is 5.69 Å². The van der Waals surface area contributed by atoms with E-state index in [1.165, 1.54) is 0 Å². The number of hydrogen-bond acceptors (Lipinski definition) is 3. The molecule has 0 spiro atoms. The lowest BCUT2D eigenvalue weighted by molar-refractivity contribution is -0.115. The molecule has 0 aliphatic carbocycles. The molecule has 0 bridgehead atoms. The van der Waals surface area contributed by atoms with E-state index in [9.17, 15) is 4.79 Å². The lowest BCUT2D eigenvalue weighted by Gasteiger charge is -2.08. The van der Waals surface area contributed by atoms with Gasteiger partial charge in [-0.05, 0) is 32.0 Å². The molecule has 1 aromatic carbocycles. The van der Waals surface area contributed by atoms with Crippen LogP contribution in [0.5, 0.6) is 0 Å². The number of hydrogen-bond donors (Lipinski definition) is 2. The summed E-state index contributed by atoms with van der Waals surface area (Å²) in [6.45, 7) is 3.78. The van der Waals surface area contributed by atoms with Crippen molar-refractivity contribution in [2.24, 2.45) is 0 Å². The van der Waals surface area contributed by atoms with Crippen molar-refractivity contribution < 1.29 is 4.79 Å². The number of halogens is 2. The monoisotopic (exact) mass is 363 g/mol. The Balaban J connectivity index is 1.88. The highest BCUT2D eigenvalue weighted by molar-refractivity contribution is 6.35.